The molecule has 0 spiro atoms. The smallest absolute Gasteiger partial charge is 0.225 e. The van der Waals surface area contributed by atoms with E-state index in [1.165, 1.54) is 25.7 Å². The molecule has 4 nitrogen and oxygen atoms in total. The average molecular weight is 266 g/mol. The van der Waals surface area contributed by atoms with E-state index in [4.69, 9.17) is 0 Å². The first-order chi connectivity index (χ1) is 9.87. The normalized spacial score (nSPS) is 17.8. The van der Waals surface area contributed by atoms with Gasteiger partial charge in [-0.05, 0) is 25.7 Å². The molecule has 2 saturated carbocycles. The van der Waals surface area contributed by atoms with Gasteiger partial charge in [0, 0.05) is 23.7 Å². The summed E-state index contributed by atoms with van der Waals surface area (Å²) < 4.78 is 0. The molecular formula is C16H18N4. The van der Waals surface area contributed by atoms with Crippen molar-refractivity contribution in [1.29, 1.82) is 0 Å². The van der Waals surface area contributed by atoms with Crippen molar-refractivity contribution in [2.45, 2.75) is 37.8 Å². The van der Waals surface area contributed by atoms with Crippen LogP contribution in [0.4, 0.5) is 11.8 Å². The molecule has 1 aromatic carbocycles. The van der Waals surface area contributed by atoms with Crippen molar-refractivity contribution in [2.75, 3.05) is 10.6 Å². The minimum absolute atomic E-state index is 0.565. The first-order valence-corrected chi connectivity index (χ1v) is 7.34. The van der Waals surface area contributed by atoms with Gasteiger partial charge in [0.25, 0.3) is 0 Å². The van der Waals surface area contributed by atoms with Crippen LogP contribution in [0.15, 0.2) is 36.4 Å². The third kappa shape index (κ3) is 2.74. The second kappa shape index (κ2) is 4.78. The van der Waals surface area contributed by atoms with E-state index in [1.807, 2.05) is 24.3 Å². The fraction of sp³-hybridized carbons (Fsp3) is 0.375. The van der Waals surface area contributed by atoms with Gasteiger partial charge in [0.15, 0.2) is 0 Å². The Morgan fingerprint density at radius 1 is 0.850 bits per heavy atom. The molecule has 2 aliphatic carbocycles. The van der Waals surface area contributed by atoms with Crippen molar-refractivity contribution < 1.29 is 0 Å². The van der Waals surface area contributed by atoms with Gasteiger partial charge in [-0.1, -0.05) is 30.3 Å². The summed E-state index contributed by atoms with van der Waals surface area (Å²) >= 11 is 0. The first-order valence-electron chi connectivity index (χ1n) is 7.34. The molecule has 4 heteroatoms. The zero-order chi connectivity index (χ0) is 13.4. The molecule has 1 aromatic heterocycles. The van der Waals surface area contributed by atoms with Gasteiger partial charge in [-0.15, -0.1) is 0 Å². The Bertz CT molecular complexity index is 571. The highest BCUT2D eigenvalue weighted by Crippen LogP contribution is 2.29. The van der Waals surface area contributed by atoms with Crippen molar-refractivity contribution >= 4 is 11.8 Å². The molecule has 20 heavy (non-hydrogen) atoms. The summed E-state index contributed by atoms with van der Waals surface area (Å²) in [7, 11) is 0. The lowest BCUT2D eigenvalue weighted by molar-refractivity contribution is 1.04. The molecule has 102 valence electrons. The third-order valence-corrected chi connectivity index (χ3v) is 3.64. The second-order valence-electron chi connectivity index (χ2n) is 5.67. The molecule has 0 amide bonds. The molecule has 1 heterocycles. The number of benzene rings is 1. The summed E-state index contributed by atoms with van der Waals surface area (Å²) in [5.41, 5.74) is 2.11. The molecule has 2 aliphatic rings. The fourth-order valence-corrected chi connectivity index (χ4v) is 2.19. The van der Waals surface area contributed by atoms with Crippen LogP contribution in [0.3, 0.4) is 0 Å². The van der Waals surface area contributed by atoms with Crippen molar-refractivity contribution in [1.82, 2.24) is 9.97 Å². The summed E-state index contributed by atoms with van der Waals surface area (Å²) in [6, 6.07) is 13.5. The summed E-state index contributed by atoms with van der Waals surface area (Å²) in [4.78, 5) is 9.24. The van der Waals surface area contributed by atoms with Crippen LogP contribution in [0.25, 0.3) is 11.3 Å². The minimum atomic E-state index is 0.565. The van der Waals surface area contributed by atoms with Gasteiger partial charge in [-0.25, -0.2) is 4.98 Å². The lowest BCUT2D eigenvalue weighted by Crippen LogP contribution is -2.10. The Morgan fingerprint density at radius 2 is 1.55 bits per heavy atom. The number of anilines is 2. The van der Waals surface area contributed by atoms with E-state index in [-0.39, 0.29) is 0 Å². The fourth-order valence-electron chi connectivity index (χ4n) is 2.19. The number of aromatic nitrogens is 2. The molecule has 2 N–H and O–H groups in total. The highest BCUT2D eigenvalue weighted by Gasteiger charge is 2.24. The molecule has 0 unspecified atom stereocenters. The first kappa shape index (κ1) is 11.7. The maximum Gasteiger partial charge on any atom is 0.225 e. The molecule has 4 rings (SSSR count). The Balaban J connectivity index is 1.67. The molecule has 0 aliphatic heterocycles. The topological polar surface area (TPSA) is 49.8 Å². The summed E-state index contributed by atoms with van der Waals surface area (Å²) in [6.07, 6.45) is 4.95. The van der Waals surface area contributed by atoms with Gasteiger partial charge < -0.3 is 10.6 Å². The number of hydrogen-bond acceptors (Lipinski definition) is 4. The van der Waals surface area contributed by atoms with Crippen LogP contribution in [0.2, 0.25) is 0 Å². The van der Waals surface area contributed by atoms with Crippen LogP contribution in [-0.4, -0.2) is 22.1 Å². The SMILES string of the molecule is c1ccc(-c2cc(NC3CC3)nc(NC3CC3)n2)cc1. The Hall–Kier alpha value is -2.10. The van der Waals surface area contributed by atoms with E-state index < -0.39 is 0 Å². The molecule has 0 atom stereocenters. The van der Waals surface area contributed by atoms with Crippen LogP contribution >= 0.6 is 0 Å². The second-order valence-corrected chi connectivity index (χ2v) is 5.67. The van der Waals surface area contributed by atoms with Gasteiger partial charge in [0.1, 0.15) is 5.82 Å². The van der Waals surface area contributed by atoms with Gasteiger partial charge in [0.2, 0.25) is 5.95 Å². The number of nitrogens with zero attached hydrogens (tertiary/aromatic N) is 2. The van der Waals surface area contributed by atoms with E-state index in [0.717, 1.165) is 23.0 Å². The molecular weight excluding hydrogens is 248 g/mol. The maximum absolute atomic E-state index is 4.65. The van der Waals surface area contributed by atoms with Crippen molar-refractivity contribution in [2.24, 2.45) is 0 Å². The predicted molar refractivity (Wildman–Crippen MR) is 80.8 cm³/mol. The monoisotopic (exact) mass is 266 g/mol. The van der Waals surface area contributed by atoms with Crippen LogP contribution in [0, 0.1) is 0 Å². The highest BCUT2D eigenvalue weighted by atomic mass is 15.2. The molecule has 0 saturated heterocycles. The van der Waals surface area contributed by atoms with Gasteiger partial charge in [-0.3, -0.25) is 0 Å². The third-order valence-electron chi connectivity index (χ3n) is 3.64. The Morgan fingerprint density at radius 3 is 2.25 bits per heavy atom. The minimum Gasteiger partial charge on any atom is -0.367 e. The van der Waals surface area contributed by atoms with Crippen LogP contribution in [0.1, 0.15) is 25.7 Å². The number of nitrogens with one attached hydrogen (secondary N) is 2. The molecule has 0 radical (unpaired) electrons. The molecule has 0 bridgehead atoms. The van der Waals surface area contributed by atoms with Crippen molar-refractivity contribution in [3.05, 3.63) is 36.4 Å². The van der Waals surface area contributed by atoms with Crippen molar-refractivity contribution in [3.8, 4) is 11.3 Å². The van der Waals surface area contributed by atoms with Crippen LogP contribution in [-0.2, 0) is 0 Å². The zero-order valence-electron chi connectivity index (χ0n) is 11.3. The Kier molecular flexibility index (Phi) is 2.80. The van der Waals surface area contributed by atoms with E-state index in [2.05, 4.69) is 32.7 Å². The Labute approximate surface area is 118 Å². The largest absolute Gasteiger partial charge is 0.367 e. The lowest BCUT2D eigenvalue weighted by atomic mass is 10.1. The summed E-state index contributed by atoms with van der Waals surface area (Å²) in [6.45, 7) is 0. The summed E-state index contributed by atoms with van der Waals surface area (Å²) in [5.74, 6) is 1.68. The number of hydrogen-bond donors (Lipinski definition) is 2. The van der Waals surface area contributed by atoms with Gasteiger partial charge >= 0.3 is 0 Å². The average Bonchev–Trinajstić information content (AvgIpc) is 3.36. The van der Waals surface area contributed by atoms with Crippen LogP contribution < -0.4 is 10.6 Å². The molecule has 2 aromatic rings. The van der Waals surface area contributed by atoms with E-state index in [9.17, 15) is 0 Å². The van der Waals surface area contributed by atoms with Crippen molar-refractivity contribution in [3.63, 3.8) is 0 Å². The quantitative estimate of drug-likeness (QED) is 0.872. The maximum atomic E-state index is 4.65. The standard InChI is InChI=1S/C16H18N4/c1-2-4-11(5-3-1)14-10-15(17-12-6-7-12)20-16(19-14)18-13-8-9-13/h1-5,10,12-13H,6-9H2,(H2,17,18,19,20). The molecule has 2 fully saturated rings. The van der Waals surface area contributed by atoms with E-state index >= 15 is 0 Å². The van der Waals surface area contributed by atoms with Gasteiger partial charge in [-0.2, -0.15) is 4.98 Å². The summed E-state index contributed by atoms with van der Waals surface area (Å²) in [5, 5.41) is 6.87. The van der Waals surface area contributed by atoms with E-state index in [1.54, 1.807) is 0 Å². The predicted octanol–water partition coefficient (Wildman–Crippen LogP) is 3.29. The van der Waals surface area contributed by atoms with Gasteiger partial charge in [0.05, 0.1) is 5.69 Å². The van der Waals surface area contributed by atoms with Crippen LogP contribution in [0.5, 0.6) is 0 Å². The lowest BCUT2D eigenvalue weighted by Gasteiger charge is -2.10. The van der Waals surface area contributed by atoms with E-state index in [0.29, 0.717) is 12.1 Å². The zero-order valence-corrected chi connectivity index (χ0v) is 11.3. The number of rotatable bonds is 5. The highest BCUT2D eigenvalue weighted by molar-refractivity contribution is 5.64.